The van der Waals surface area contributed by atoms with Gasteiger partial charge in [0.2, 0.25) is 0 Å². The second kappa shape index (κ2) is 5.23. The number of hydrogen-bond donors (Lipinski definition) is 1. The molecular formula is C11H15N3OS. The van der Waals surface area contributed by atoms with Crippen molar-refractivity contribution in [1.82, 2.24) is 15.5 Å². The second-order valence-electron chi connectivity index (χ2n) is 3.96. The topological polar surface area (TPSA) is 51.0 Å². The van der Waals surface area contributed by atoms with Gasteiger partial charge in [-0.3, -0.25) is 0 Å². The van der Waals surface area contributed by atoms with E-state index in [4.69, 9.17) is 4.52 Å². The summed E-state index contributed by atoms with van der Waals surface area (Å²) in [4.78, 5) is 4.19. The standard InChI is InChI=1S/C11H15N3OS/c1-8(2)11-3-10(15-14-11)5-12-4-9-6-16-7-13-9/h3,6-8,12H,4-5H2,1-2H3. The van der Waals surface area contributed by atoms with Crippen LogP contribution in [0.25, 0.3) is 0 Å². The number of hydrogen-bond acceptors (Lipinski definition) is 5. The first-order valence-corrected chi connectivity index (χ1v) is 6.23. The molecule has 0 unspecified atom stereocenters. The third kappa shape index (κ3) is 2.90. The SMILES string of the molecule is CC(C)c1cc(CNCc2cscn2)on1. The van der Waals surface area contributed by atoms with Crippen molar-refractivity contribution in [2.75, 3.05) is 0 Å². The van der Waals surface area contributed by atoms with Gasteiger partial charge in [-0.25, -0.2) is 4.98 Å². The van der Waals surface area contributed by atoms with Crippen molar-refractivity contribution >= 4 is 11.3 Å². The number of aromatic nitrogens is 2. The van der Waals surface area contributed by atoms with Gasteiger partial charge in [0.15, 0.2) is 5.76 Å². The van der Waals surface area contributed by atoms with Crippen LogP contribution in [0.15, 0.2) is 21.5 Å². The molecule has 4 nitrogen and oxygen atoms in total. The van der Waals surface area contributed by atoms with E-state index in [0.29, 0.717) is 12.5 Å². The van der Waals surface area contributed by atoms with Crippen LogP contribution in [0.3, 0.4) is 0 Å². The highest BCUT2D eigenvalue weighted by Gasteiger charge is 2.07. The molecule has 0 aliphatic carbocycles. The summed E-state index contributed by atoms with van der Waals surface area (Å²) >= 11 is 1.61. The summed E-state index contributed by atoms with van der Waals surface area (Å²) in [5.41, 5.74) is 3.90. The zero-order valence-electron chi connectivity index (χ0n) is 9.43. The zero-order valence-corrected chi connectivity index (χ0v) is 10.3. The summed E-state index contributed by atoms with van der Waals surface area (Å²) in [7, 11) is 0. The molecule has 1 N–H and O–H groups in total. The van der Waals surface area contributed by atoms with Crippen molar-refractivity contribution in [1.29, 1.82) is 0 Å². The fourth-order valence-corrected chi connectivity index (χ4v) is 1.88. The van der Waals surface area contributed by atoms with E-state index in [1.54, 1.807) is 11.3 Å². The molecule has 0 atom stereocenters. The van der Waals surface area contributed by atoms with E-state index in [9.17, 15) is 0 Å². The molecule has 0 radical (unpaired) electrons. The minimum Gasteiger partial charge on any atom is -0.360 e. The lowest BCUT2D eigenvalue weighted by Crippen LogP contribution is -2.12. The molecule has 0 aliphatic rings. The highest BCUT2D eigenvalue weighted by molar-refractivity contribution is 7.07. The van der Waals surface area contributed by atoms with Crippen LogP contribution in [0.1, 0.15) is 36.9 Å². The first-order chi connectivity index (χ1) is 7.75. The van der Waals surface area contributed by atoms with Crippen LogP contribution >= 0.6 is 11.3 Å². The summed E-state index contributed by atoms with van der Waals surface area (Å²) < 4.78 is 5.22. The maximum atomic E-state index is 5.22. The minimum atomic E-state index is 0.413. The number of thiazole rings is 1. The highest BCUT2D eigenvalue weighted by Crippen LogP contribution is 2.13. The third-order valence-corrected chi connectivity index (χ3v) is 2.89. The molecule has 0 amide bonds. The smallest absolute Gasteiger partial charge is 0.150 e. The molecule has 0 bridgehead atoms. The molecule has 5 heteroatoms. The van der Waals surface area contributed by atoms with E-state index in [0.717, 1.165) is 23.7 Å². The molecule has 2 heterocycles. The van der Waals surface area contributed by atoms with Gasteiger partial charge in [0, 0.05) is 18.0 Å². The van der Waals surface area contributed by atoms with Crippen LogP contribution in [0.2, 0.25) is 0 Å². The molecule has 0 saturated carbocycles. The molecule has 0 saturated heterocycles. The zero-order chi connectivity index (χ0) is 11.4. The molecular weight excluding hydrogens is 222 g/mol. The molecule has 2 aromatic rings. The Hall–Kier alpha value is -1.20. The van der Waals surface area contributed by atoms with Gasteiger partial charge >= 0.3 is 0 Å². The van der Waals surface area contributed by atoms with Crippen LogP contribution in [0, 0.1) is 0 Å². The Balaban J connectivity index is 1.81. The van der Waals surface area contributed by atoms with Crippen LogP contribution in [0.4, 0.5) is 0 Å². The van der Waals surface area contributed by atoms with Crippen molar-refractivity contribution in [3.8, 4) is 0 Å². The predicted molar refractivity (Wildman–Crippen MR) is 63.2 cm³/mol. The van der Waals surface area contributed by atoms with Crippen LogP contribution in [0.5, 0.6) is 0 Å². The minimum absolute atomic E-state index is 0.413. The fourth-order valence-electron chi connectivity index (χ4n) is 1.32. The molecule has 0 aromatic carbocycles. The third-order valence-electron chi connectivity index (χ3n) is 2.26. The number of rotatable bonds is 5. The van der Waals surface area contributed by atoms with E-state index in [-0.39, 0.29) is 0 Å². The van der Waals surface area contributed by atoms with Crippen LogP contribution in [-0.2, 0) is 13.1 Å². The summed E-state index contributed by atoms with van der Waals surface area (Å²) in [6.45, 7) is 5.66. The van der Waals surface area contributed by atoms with E-state index >= 15 is 0 Å². The van der Waals surface area contributed by atoms with Gasteiger partial charge in [-0.1, -0.05) is 19.0 Å². The molecule has 0 spiro atoms. The fraction of sp³-hybridized carbons (Fsp3) is 0.455. The summed E-state index contributed by atoms with van der Waals surface area (Å²) in [6, 6.07) is 2.00. The van der Waals surface area contributed by atoms with Gasteiger partial charge in [-0.15, -0.1) is 11.3 Å². The van der Waals surface area contributed by atoms with E-state index in [2.05, 4.69) is 29.3 Å². The first-order valence-electron chi connectivity index (χ1n) is 5.29. The van der Waals surface area contributed by atoms with Crippen molar-refractivity contribution in [2.24, 2.45) is 0 Å². The van der Waals surface area contributed by atoms with Gasteiger partial charge in [0.25, 0.3) is 0 Å². The lowest BCUT2D eigenvalue weighted by atomic mass is 10.1. The lowest BCUT2D eigenvalue weighted by molar-refractivity contribution is 0.365. The Bertz CT molecular complexity index is 422. The van der Waals surface area contributed by atoms with E-state index in [1.807, 2.05) is 17.0 Å². The van der Waals surface area contributed by atoms with Crippen molar-refractivity contribution in [3.05, 3.63) is 34.1 Å². The van der Waals surface area contributed by atoms with Gasteiger partial charge in [0.1, 0.15) is 0 Å². The maximum Gasteiger partial charge on any atom is 0.150 e. The quantitative estimate of drug-likeness (QED) is 0.868. The van der Waals surface area contributed by atoms with Gasteiger partial charge in [-0.05, 0) is 5.92 Å². The normalized spacial score (nSPS) is 11.2. The van der Waals surface area contributed by atoms with Gasteiger partial charge < -0.3 is 9.84 Å². The van der Waals surface area contributed by atoms with Gasteiger partial charge in [-0.2, -0.15) is 0 Å². The second-order valence-corrected chi connectivity index (χ2v) is 4.67. The van der Waals surface area contributed by atoms with Crippen LogP contribution < -0.4 is 5.32 Å². The Morgan fingerprint density at radius 2 is 2.31 bits per heavy atom. The first kappa shape index (κ1) is 11.3. The average molecular weight is 237 g/mol. The van der Waals surface area contributed by atoms with Crippen LogP contribution in [-0.4, -0.2) is 10.1 Å². The van der Waals surface area contributed by atoms with Crippen molar-refractivity contribution in [3.63, 3.8) is 0 Å². The predicted octanol–water partition coefficient (Wildman–Crippen LogP) is 2.54. The van der Waals surface area contributed by atoms with E-state index in [1.165, 1.54) is 0 Å². The Morgan fingerprint density at radius 3 is 2.94 bits per heavy atom. The number of nitrogens with one attached hydrogen (secondary N) is 1. The molecule has 16 heavy (non-hydrogen) atoms. The van der Waals surface area contributed by atoms with Crippen molar-refractivity contribution < 1.29 is 4.52 Å². The molecule has 2 aromatic heterocycles. The monoisotopic (exact) mass is 237 g/mol. The summed E-state index contributed by atoms with van der Waals surface area (Å²) in [5.74, 6) is 1.29. The Labute approximate surface area is 98.7 Å². The van der Waals surface area contributed by atoms with E-state index < -0.39 is 0 Å². The molecule has 0 fully saturated rings. The lowest BCUT2D eigenvalue weighted by Gasteiger charge is -1.97. The maximum absolute atomic E-state index is 5.22. The largest absolute Gasteiger partial charge is 0.360 e. The highest BCUT2D eigenvalue weighted by atomic mass is 32.1. The van der Waals surface area contributed by atoms with Gasteiger partial charge in [0.05, 0.1) is 23.4 Å². The summed E-state index contributed by atoms with van der Waals surface area (Å²) in [6.07, 6.45) is 0. The Morgan fingerprint density at radius 1 is 1.44 bits per heavy atom. The average Bonchev–Trinajstić information content (AvgIpc) is 2.87. The Kier molecular flexibility index (Phi) is 3.69. The number of nitrogens with zero attached hydrogens (tertiary/aromatic N) is 2. The summed E-state index contributed by atoms with van der Waals surface area (Å²) in [5, 5.41) is 9.30. The van der Waals surface area contributed by atoms with Crippen molar-refractivity contribution in [2.45, 2.75) is 32.9 Å². The molecule has 86 valence electrons. The molecule has 2 rings (SSSR count). The molecule has 0 aliphatic heterocycles.